The summed E-state index contributed by atoms with van der Waals surface area (Å²) in [6.07, 6.45) is 1.72. The van der Waals surface area contributed by atoms with Gasteiger partial charge in [-0.1, -0.05) is 0 Å². The number of aryl methyl sites for hydroxylation is 1. The maximum atomic E-state index is 9.48. The summed E-state index contributed by atoms with van der Waals surface area (Å²) in [5.74, 6) is 1.14. The van der Waals surface area contributed by atoms with Crippen molar-refractivity contribution in [2.75, 3.05) is 12.4 Å². The first-order valence-electron chi connectivity index (χ1n) is 6.01. The van der Waals surface area contributed by atoms with Crippen LogP contribution in [-0.2, 0) is 0 Å². The average Bonchev–Trinajstić information content (AvgIpc) is 2.85. The van der Waals surface area contributed by atoms with Gasteiger partial charge in [0.1, 0.15) is 11.6 Å². The quantitative estimate of drug-likeness (QED) is 0.737. The van der Waals surface area contributed by atoms with E-state index in [0.717, 1.165) is 28.3 Å². The van der Waals surface area contributed by atoms with Gasteiger partial charge in [-0.15, -0.1) is 0 Å². The van der Waals surface area contributed by atoms with Gasteiger partial charge in [0.15, 0.2) is 5.65 Å². The molecule has 0 unspecified atom stereocenters. The second-order valence-corrected chi connectivity index (χ2v) is 4.38. The monoisotopic (exact) mass is 254 g/mol. The van der Waals surface area contributed by atoms with Crippen molar-refractivity contribution in [1.82, 2.24) is 14.6 Å². The lowest BCUT2D eigenvalue weighted by atomic mass is 10.1. The number of nitrogens with zero attached hydrogens (tertiary/aromatic N) is 3. The van der Waals surface area contributed by atoms with Crippen molar-refractivity contribution < 1.29 is 5.11 Å². The lowest BCUT2D eigenvalue weighted by Gasteiger charge is -2.09. The fourth-order valence-electron chi connectivity index (χ4n) is 2.16. The van der Waals surface area contributed by atoms with E-state index in [4.69, 9.17) is 0 Å². The second-order valence-electron chi connectivity index (χ2n) is 4.38. The van der Waals surface area contributed by atoms with E-state index in [1.165, 1.54) is 0 Å². The van der Waals surface area contributed by atoms with Crippen LogP contribution >= 0.6 is 0 Å². The molecule has 0 aliphatic carbocycles. The molecule has 0 aliphatic heterocycles. The van der Waals surface area contributed by atoms with Crippen LogP contribution in [0.2, 0.25) is 0 Å². The van der Waals surface area contributed by atoms with Gasteiger partial charge in [0, 0.05) is 24.7 Å². The molecule has 1 aromatic carbocycles. The zero-order chi connectivity index (χ0) is 13.4. The molecule has 5 heteroatoms. The Morgan fingerprint density at radius 1 is 1.21 bits per heavy atom. The fraction of sp³-hybridized carbons (Fsp3) is 0.143. The number of fused-ring (bicyclic) bond motifs is 1. The summed E-state index contributed by atoms with van der Waals surface area (Å²) in [7, 11) is 1.85. The number of hydrogen-bond donors (Lipinski definition) is 2. The topological polar surface area (TPSA) is 62.5 Å². The first-order valence-corrected chi connectivity index (χ1v) is 6.01. The van der Waals surface area contributed by atoms with E-state index in [2.05, 4.69) is 15.4 Å². The maximum absolute atomic E-state index is 9.48. The number of aromatic nitrogens is 3. The molecule has 0 aliphatic rings. The largest absolute Gasteiger partial charge is 0.508 e. The van der Waals surface area contributed by atoms with Gasteiger partial charge < -0.3 is 10.4 Å². The number of phenols is 1. The molecule has 0 radical (unpaired) electrons. The van der Waals surface area contributed by atoms with Crippen LogP contribution in [0.1, 0.15) is 5.56 Å². The standard InChI is InChI=1S/C14H14N4O/c1-9-7-10(19)3-4-11(9)12-8-14(15-2)18-13(17-12)5-6-16-18/h3-8,15,19H,1-2H3. The molecule has 19 heavy (non-hydrogen) atoms. The molecule has 0 spiro atoms. The number of aromatic hydroxyl groups is 1. The Morgan fingerprint density at radius 3 is 2.79 bits per heavy atom. The van der Waals surface area contributed by atoms with Gasteiger partial charge in [-0.3, -0.25) is 0 Å². The molecule has 3 rings (SSSR count). The van der Waals surface area contributed by atoms with Gasteiger partial charge in [-0.2, -0.15) is 9.61 Å². The highest BCUT2D eigenvalue weighted by Crippen LogP contribution is 2.27. The normalized spacial score (nSPS) is 10.8. The third-order valence-corrected chi connectivity index (χ3v) is 3.10. The molecular weight excluding hydrogens is 240 g/mol. The molecule has 0 fully saturated rings. The van der Waals surface area contributed by atoms with Gasteiger partial charge in [-0.05, 0) is 30.7 Å². The Kier molecular flexibility index (Phi) is 2.59. The predicted molar refractivity (Wildman–Crippen MR) is 74.4 cm³/mol. The van der Waals surface area contributed by atoms with Crippen molar-refractivity contribution in [3.8, 4) is 17.0 Å². The van der Waals surface area contributed by atoms with Crippen LogP contribution in [0.25, 0.3) is 16.9 Å². The van der Waals surface area contributed by atoms with E-state index < -0.39 is 0 Å². The van der Waals surface area contributed by atoms with E-state index in [0.29, 0.717) is 0 Å². The molecule has 2 N–H and O–H groups in total. The van der Waals surface area contributed by atoms with Crippen molar-refractivity contribution in [2.24, 2.45) is 0 Å². The summed E-state index contributed by atoms with van der Waals surface area (Å²) >= 11 is 0. The smallest absolute Gasteiger partial charge is 0.157 e. The summed E-state index contributed by atoms with van der Waals surface area (Å²) < 4.78 is 1.75. The Labute approximate surface area is 110 Å². The Morgan fingerprint density at radius 2 is 2.05 bits per heavy atom. The van der Waals surface area contributed by atoms with Crippen LogP contribution in [0.15, 0.2) is 36.5 Å². The first-order chi connectivity index (χ1) is 9.19. The zero-order valence-electron chi connectivity index (χ0n) is 10.8. The number of anilines is 1. The molecule has 5 nitrogen and oxygen atoms in total. The lowest BCUT2D eigenvalue weighted by Crippen LogP contribution is -2.02. The maximum Gasteiger partial charge on any atom is 0.157 e. The van der Waals surface area contributed by atoms with Crippen LogP contribution in [0, 0.1) is 6.92 Å². The second kappa shape index (κ2) is 4.28. The van der Waals surface area contributed by atoms with Crippen molar-refractivity contribution in [3.63, 3.8) is 0 Å². The summed E-state index contributed by atoms with van der Waals surface area (Å²) in [5, 5.41) is 16.8. The van der Waals surface area contributed by atoms with E-state index in [1.807, 2.05) is 32.2 Å². The van der Waals surface area contributed by atoms with Crippen LogP contribution in [0.4, 0.5) is 5.82 Å². The highest BCUT2D eigenvalue weighted by Gasteiger charge is 2.09. The number of rotatable bonds is 2. The molecule has 0 atom stereocenters. The molecule has 2 heterocycles. The van der Waals surface area contributed by atoms with Crippen molar-refractivity contribution >= 4 is 11.5 Å². The van der Waals surface area contributed by atoms with Crippen molar-refractivity contribution in [1.29, 1.82) is 0 Å². The highest BCUT2D eigenvalue weighted by molar-refractivity contribution is 5.69. The molecule has 0 bridgehead atoms. The van der Waals surface area contributed by atoms with Gasteiger partial charge in [0.05, 0.1) is 11.9 Å². The number of benzene rings is 1. The molecule has 0 saturated heterocycles. The van der Waals surface area contributed by atoms with Crippen LogP contribution < -0.4 is 5.32 Å². The van der Waals surface area contributed by atoms with E-state index in [1.54, 1.807) is 22.8 Å². The Balaban J connectivity index is 2.24. The molecule has 3 aromatic rings. The SMILES string of the molecule is CNc1cc(-c2ccc(O)cc2C)nc2ccnn12. The summed E-state index contributed by atoms with van der Waals surface area (Å²) in [5.41, 5.74) is 3.63. The molecule has 0 saturated carbocycles. The minimum Gasteiger partial charge on any atom is -0.508 e. The van der Waals surface area contributed by atoms with Crippen LogP contribution in [0.3, 0.4) is 0 Å². The van der Waals surface area contributed by atoms with E-state index >= 15 is 0 Å². The van der Waals surface area contributed by atoms with E-state index in [9.17, 15) is 5.11 Å². The van der Waals surface area contributed by atoms with Crippen molar-refractivity contribution in [2.45, 2.75) is 6.92 Å². The summed E-state index contributed by atoms with van der Waals surface area (Å²) in [6.45, 7) is 1.95. The first kappa shape index (κ1) is 11.5. The predicted octanol–water partition coefficient (Wildman–Crippen LogP) is 2.45. The Hall–Kier alpha value is -2.56. The molecule has 96 valence electrons. The zero-order valence-corrected chi connectivity index (χ0v) is 10.8. The minimum atomic E-state index is 0.264. The molecule has 0 amide bonds. The van der Waals surface area contributed by atoms with Crippen LogP contribution in [-0.4, -0.2) is 26.8 Å². The van der Waals surface area contributed by atoms with Gasteiger partial charge >= 0.3 is 0 Å². The fourth-order valence-corrected chi connectivity index (χ4v) is 2.16. The number of nitrogens with one attached hydrogen (secondary N) is 1. The lowest BCUT2D eigenvalue weighted by molar-refractivity contribution is 0.475. The van der Waals surface area contributed by atoms with Gasteiger partial charge in [0.25, 0.3) is 0 Å². The van der Waals surface area contributed by atoms with E-state index in [-0.39, 0.29) is 5.75 Å². The van der Waals surface area contributed by atoms with Gasteiger partial charge in [-0.25, -0.2) is 4.98 Å². The third kappa shape index (κ3) is 1.89. The summed E-state index contributed by atoms with van der Waals surface area (Å²) in [6, 6.07) is 9.08. The minimum absolute atomic E-state index is 0.264. The number of phenolic OH excluding ortho intramolecular Hbond substituents is 1. The highest BCUT2D eigenvalue weighted by atomic mass is 16.3. The third-order valence-electron chi connectivity index (χ3n) is 3.10. The van der Waals surface area contributed by atoms with Crippen molar-refractivity contribution in [3.05, 3.63) is 42.1 Å². The summed E-state index contributed by atoms with van der Waals surface area (Å²) in [4.78, 5) is 4.58. The molecule has 2 aromatic heterocycles. The van der Waals surface area contributed by atoms with Gasteiger partial charge in [0.2, 0.25) is 0 Å². The average molecular weight is 254 g/mol. The van der Waals surface area contributed by atoms with Crippen LogP contribution in [0.5, 0.6) is 5.75 Å². The molecular formula is C14H14N4O. The number of hydrogen-bond acceptors (Lipinski definition) is 4. The Bertz CT molecular complexity index is 748.